The molecule has 174 valence electrons. The molecule has 1 aliphatic rings. The van der Waals surface area contributed by atoms with Crippen LogP contribution >= 0.6 is 23.2 Å². The number of benzene rings is 2. The van der Waals surface area contributed by atoms with Crippen LogP contribution in [0.2, 0.25) is 10.0 Å². The number of aromatic carboxylic acids is 1. The molecule has 0 atom stereocenters. The average Bonchev–Trinajstić information content (AvgIpc) is 2.74. The second kappa shape index (κ2) is 8.68. The van der Waals surface area contributed by atoms with Crippen LogP contribution in [-0.2, 0) is 10.0 Å². The van der Waals surface area contributed by atoms with Crippen molar-refractivity contribution < 1.29 is 27.1 Å². The predicted octanol–water partition coefficient (Wildman–Crippen LogP) is 5.40. The molecular formula is C21H17Cl2F2N3O4S. The number of aromatic nitrogens is 1. The van der Waals surface area contributed by atoms with Gasteiger partial charge in [-0.1, -0.05) is 29.3 Å². The topological polar surface area (TPSA) is 99.6 Å². The van der Waals surface area contributed by atoms with Crippen molar-refractivity contribution in [3.8, 4) is 0 Å². The minimum atomic E-state index is -4.27. The number of carboxylic acid groups (broad SMARTS) is 1. The normalized spacial score (nSPS) is 16.6. The van der Waals surface area contributed by atoms with E-state index in [0.717, 1.165) is 10.5 Å². The number of carboxylic acids is 1. The molecule has 0 saturated carbocycles. The second-order valence-corrected chi connectivity index (χ2v) is 10.3. The number of hydrogen-bond acceptors (Lipinski definition) is 5. The van der Waals surface area contributed by atoms with E-state index in [1.54, 1.807) is 12.1 Å². The van der Waals surface area contributed by atoms with Crippen molar-refractivity contribution in [2.45, 2.75) is 23.7 Å². The molecule has 1 aliphatic heterocycles. The van der Waals surface area contributed by atoms with Gasteiger partial charge in [0.25, 0.3) is 5.92 Å². The summed E-state index contributed by atoms with van der Waals surface area (Å²) >= 11 is 12.4. The van der Waals surface area contributed by atoms with Crippen LogP contribution in [0.3, 0.4) is 0 Å². The Bertz CT molecular complexity index is 1360. The number of carbonyl (C=O) groups is 1. The first-order chi connectivity index (χ1) is 15.5. The number of piperidine rings is 1. The van der Waals surface area contributed by atoms with E-state index in [4.69, 9.17) is 23.2 Å². The highest BCUT2D eigenvalue weighted by atomic mass is 35.5. The third-order valence-electron chi connectivity index (χ3n) is 5.36. The van der Waals surface area contributed by atoms with Crippen molar-refractivity contribution in [2.24, 2.45) is 0 Å². The van der Waals surface area contributed by atoms with Gasteiger partial charge in [-0.25, -0.2) is 22.0 Å². The van der Waals surface area contributed by atoms with E-state index in [0.29, 0.717) is 10.9 Å². The highest BCUT2D eigenvalue weighted by molar-refractivity contribution is 7.89. The van der Waals surface area contributed by atoms with Gasteiger partial charge in [0, 0.05) is 42.5 Å². The van der Waals surface area contributed by atoms with Gasteiger partial charge < -0.3 is 10.4 Å². The van der Waals surface area contributed by atoms with Crippen LogP contribution in [0.5, 0.6) is 0 Å². The summed E-state index contributed by atoms with van der Waals surface area (Å²) in [5, 5.41) is 13.1. The van der Waals surface area contributed by atoms with Crippen LogP contribution in [0, 0.1) is 0 Å². The molecule has 0 aliphatic carbocycles. The molecule has 3 aromatic rings. The van der Waals surface area contributed by atoms with Crippen molar-refractivity contribution in [3.63, 3.8) is 0 Å². The first-order valence-electron chi connectivity index (χ1n) is 9.75. The summed E-state index contributed by atoms with van der Waals surface area (Å²) < 4.78 is 55.1. The van der Waals surface area contributed by atoms with Gasteiger partial charge in [0.1, 0.15) is 4.90 Å². The van der Waals surface area contributed by atoms with Gasteiger partial charge in [-0.3, -0.25) is 4.98 Å². The van der Waals surface area contributed by atoms with Crippen LogP contribution in [-0.4, -0.2) is 47.8 Å². The summed E-state index contributed by atoms with van der Waals surface area (Å²) in [5.74, 6) is -4.21. The lowest BCUT2D eigenvalue weighted by atomic mass is 10.1. The zero-order valence-electron chi connectivity index (χ0n) is 16.9. The third kappa shape index (κ3) is 4.61. The van der Waals surface area contributed by atoms with Gasteiger partial charge in [0.05, 0.1) is 27.5 Å². The maximum Gasteiger partial charge on any atom is 0.337 e. The fraction of sp³-hybridized carbons (Fsp3) is 0.238. The molecule has 2 N–H and O–H groups in total. The molecule has 1 fully saturated rings. The monoisotopic (exact) mass is 515 g/mol. The number of anilines is 2. The average molecular weight is 516 g/mol. The molecule has 2 aromatic carbocycles. The minimum absolute atomic E-state index is 0.00423. The number of sulfonamides is 1. The Kier molecular flexibility index (Phi) is 6.21. The molecule has 33 heavy (non-hydrogen) atoms. The third-order valence-corrected chi connectivity index (χ3v) is 7.82. The molecule has 0 amide bonds. The van der Waals surface area contributed by atoms with Crippen LogP contribution in [0.25, 0.3) is 10.9 Å². The Morgan fingerprint density at radius 1 is 1.12 bits per heavy atom. The largest absolute Gasteiger partial charge is 0.478 e. The van der Waals surface area contributed by atoms with E-state index in [-0.39, 0.29) is 45.0 Å². The highest BCUT2D eigenvalue weighted by Crippen LogP contribution is 2.39. The number of halogens is 4. The van der Waals surface area contributed by atoms with Gasteiger partial charge in [0.2, 0.25) is 10.0 Å². The first-order valence-corrected chi connectivity index (χ1v) is 11.9. The van der Waals surface area contributed by atoms with E-state index >= 15 is 0 Å². The van der Waals surface area contributed by atoms with Gasteiger partial charge in [0.15, 0.2) is 0 Å². The van der Waals surface area contributed by atoms with Crippen LogP contribution in [0.15, 0.2) is 47.5 Å². The number of pyridine rings is 1. The summed E-state index contributed by atoms with van der Waals surface area (Å²) in [6, 6.07) is 8.84. The maximum absolute atomic E-state index is 13.6. The Morgan fingerprint density at radius 2 is 1.82 bits per heavy atom. The van der Waals surface area contributed by atoms with Crippen molar-refractivity contribution in [2.75, 3.05) is 18.4 Å². The Hall–Kier alpha value is -2.53. The molecule has 0 unspecified atom stereocenters. The van der Waals surface area contributed by atoms with E-state index in [9.17, 15) is 27.1 Å². The maximum atomic E-state index is 13.6. The second-order valence-electron chi connectivity index (χ2n) is 7.51. The number of rotatable bonds is 5. The molecule has 0 radical (unpaired) electrons. The first kappa shape index (κ1) is 23.6. The van der Waals surface area contributed by atoms with E-state index < -0.39 is 34.8 Å². The molecule has 0 spiro atoms. The Labute approximate surface area is 198 Å². The lowest BCUT2D eigenvalue weighted by Crippen LogP contribution is -2.42. The van der Waals surface area contributed by atoms with Crippen LogP contribution < -0.4 is 5.32 Å². The molecule has 7 nitrogen and oxygen atoms in total. The number of nitrogens with zero attached hydrogens (tertiary/aromatic N) is 2. The summed E-state index contributed by atoms with van der Waals surface area (Å²) in [5.41, 5.74) is 0.168. The fourth-order valence-electron chi connectivity index (χ4n) is 3.62. The Morgan fingerprint density at radius 3 is 2.48 bits per heavy atom. The molecule has 12 heteroatoms. The zero-order chi connectivity index (χ0) is 24.0. The van der Waals surface area contributed by atoms with Crippen LogP contribution in [0.4, 0.5) is 20.2 Å². The molecule has 1 saturated heterocycles. The Balaban J connectivity index is 1.91. The molecule has 4 rings (SSSR count). The van der Waals surface area contributed by atoms with E-state index in [1.165, 1.54) is 24.3 Å². The molecule has 0 bridgehead atoms. The smallest absolute Gasteiger partial charge is 0.337 e. The van der Waals surface area contributed by atoms with Gasteiger partial charge in [-0.2, -0.15) is 4.31 Å². The fourth-order valence-corrected chi connectivity index (χ4v) is 5.56. The summed E-state index contributed by atoms with van der Waals surface area (Å²) in [7, 11) is -4.27. The van der Waals surface area contributed by atoms with Crippen molar-refractivity contribution in [1.29, 1.82) is 0 Å². The van der Waals surface area contributed by atoms with Gasteiger partial charge in [-0.05, 0) is 30.3 Å². The zero-order valence-corrected chi connectivity index (χ0v) is 19.2. The van der Waals surface area contributed by atoms with Crippen molar-refractivity contribution in [1.82, 2.24) is 9.29 Å². The predicted molar refractivity (Wildman–Crippen MR) is 121 cm³/mol. The summed E-state index contributed by atoms with van der Waals surface area (Å²) in [6.45, 7) is -0.732. The number of hydrogen-bond donors (Lipinski definition) is 2. The minimum Gasteiger partial charge on any atom is -0.478 e. The van der Waals surface area contributed by atoms with Crippen LogP contribution in [0.1, 0.15) is 23.2 Å². The highest BCUT2D eigenvalue weighted by Gasteiger charge is 2.39. The molecular weight excluding hydrogens is 499 g/mol. The van der Waals surface area contributed by atoms with E-state index in [2.05, 4.69) is 10.3 Å². The van der Waals surface area contributed by atoms with E-state index in [1.807, 2.05) is 0 Å². The van der Waals surface area contributed by atoms with Crippen molar-refractivity contribution in [3.05, 3.63) is 58.2 Å². The lowest BCUT2D eigenvalue weighted by molar-refractivity contribution is -0.0412. The van der Waals surface area contributed by atoms with Gasteiger partial charge >= 0.3 is 5.97 Å². The number of nitrogens with one attached hydrogen (secondary N) is 1. The lowest BCUT2D eigenvalue weighted by Gasteiger charge is -2.31. The number of fused-ring (bicyclic) bond motifs is 1. The molecule has 1 aromatic heterocycles. The summed E-state index contributed by atoms with van der Waals surface area (Å²) in [4.78, 5) is 15.6. The van der Waals surface area contributed by atoms with Gasteiger partial charge in [-0.15, -0.1) is 0 Å². The van der Waals surface area contributed by atoms with Crippen molar-refractivity contribution >= 4 is 61.5 Å². The quantitative estimate of drug-likeness (QED) is 0.471. The number of para-hydroxylation sites is 1. The SMILES string of the molecule is O=C(O)c1cccc(Cl)c1Nc1c(S(=O)(=O)N2CCC(F)(F)CC2)cnc2ccc(Cl)cc12. The number of alkyl halides is 2. The summed E-state index contributed by atoms with van der Waals surface area (Å²) in [6.07, 6.45) is -0.0943. The molecule has 2 heterocycles. The standard InChI is InChI=1S/C21H17Cl2F2N3O4S/c22-12-4-5-16-14(10-12)19(27-18-13(20(29)30)2-1-3-15(18)23)17(11-26-16)33(31,32)28-8-6-21(24,25)7-9-28/h1-5,10-11H,6-9H2,(H,26,27)(H,29,30).